The van der Waals surface area contributed by atoms with Gasteiger partial charge in [-0.15, -0.1) is 0 Å². The van der Waals surface area contributed by atoms with Gasteiger partial charge in [0.15, 0.2) is 0 Å². The molecule has 0 bridgehead atoms. The molecule has 11 heteroatoms. The highest BCUT2D eigenvalue weighted by Crippen LogP contribution is 2.29. The maximum Gasteiger partial charge on any atom is 0.410 e. The summed E-state index contributed by atoms with van der Waals surface area (Å²) in [5, 5.41) is 0. The molecule has 0 unspecified atom stereocenters. The minimum absolute atomic E-state index is 0. The number of rotatable bonds is 4. The molecular weight excluding hydrogens is 511 g/mol. The number of hydrogen-bond donors (Lipinski definition) is 0. The van der Waals surface area contributed by atoms with Gasteiger partial charge in [-0.05, 0) is 68.2 Å². The highest BCUT2D eigenvalue weighted by Gasteiger charge is 2.44. The summed E-state index contributed by atoms with van der Waals surface area (Å²) in [5.41, 5.74) is -3.04. The van der Waals surface area contributed by atoms with E-state index in [0.29, 0.717) is 32.5 Å². The van der Waals surface area contributed by atoms with Crippen LogP contribution in [0.2, 0.25) is 0 Å². The van der Waals surface area contributed by atoms with Crippen LogP contribution in [0.15, 0.2) is 0 Å². The smallest absolute Gasteiger partial charge is 0.410 e. The molecule has 0 saturated carbocycles. The molecule has 0 spiro atoms. The number of carbonyl (C=O) groups excluding carboxylic acids is 4. The van der Waals surface area contributed by atoms with Crippen molar-refractivity contribution in [3.05, 3.63) is 0 Å². The molecule has 2 saturated heterocycles. The molecular formula is C28H53FN2O8. The number of halogens is 1. The molecule has 0 radical (unpaired) electrons. The molecule has 2 heterocycles. The van der Waals surface area contributed by atoms with E-state index in [1.54, 1.807) is 39.5 Å². The van der Waals surface area contributed by atoms with Crippen molar-refractivity contribution in [3.63, 3.8) is 0 Å². The normalized spacial score (nSPS) is 17.3. The molecule has 230 valence electrons. The zero-order valence-corrected chi connectivity index (χ0v) is 23.7. The zero-order chi connectivity index (χ0) is 28.4. The van der Waals surface area contributed by atoms with Gasteiger partial charge in [0, 0.05) is 39.0 Å². The van der Waals surface area contributed by atoms with Gasteiger partial charge in [-0.25, -0.2) is 18.8 Å². The lowest BCUT2D eigenvalue weighted by Gasteiger charge is -2.35. The maximum absolute atomic E-state index is 14.3. The molecule has 2 rings (SSSR count). The lowest BCUT2D eigenvalue weighted by Crippen LogP contribution is -2.50. The van der Waals surface area contributed by atoms with Crippen LogP contribution in [0.4, 0.5) is 14.0 Å². The minimum atomic E-state index is -1.98. The van der Waals surface area contributed by atoms with Crippen molar-refractivity contribution in [1.29, 1.82) is 0 Å². The van der Waals surface area contributed by atoms with Gasteiger partial charge in [0.2, 0.25) is 5.67 Å². The lowest BCUT2D eigenvalue weighted by atomic mass is 9.93. The number of piperidine rings is 2. The molecule has 2 aliphatic heterocycles. The van der Waals surface area contributed by atoms with Gasteiger partial charge in [-0.2, -0.15) is 0 Å². The van der Waals surface area contributed by atoms with Crippen molar-refractivity contribution < 1.29 is 42.5 Å². The van der Waals surface area contributed by atoms with Crippen molar-refractivity contribution in [3.8, 4) is 0 Å². The van der Waals surface area contributed by atoms with E-state index in [-0.39, 0.29) is 65.4 Å². The molecule has 0 aromatic heterocycles. The topological polar surface area (TPSA) is 112 Å². The molecule has 0 aliphatic carbocycles. The lowest BCUT2D eigenvalue weighted by molar-refractivity contribution is -0.160. The maximum atomic E-state index is 14.3. The van der Waals surface area contributed by atoms with Crippen molar-refractivity contribution in [2.75, 3.05) is 39.4 Å². The Hall–Kier alpha value is -2.59. The summed E-state index contributed by atoms with van der Waals surface area (Å²) in [4.78, 5) is 49.7. The van der Waals surface area contributed by atoms with Crippen molar-refractivity contribution in [1.82, 2.24) is 9.80 Å². The Bertz CT molecular complexity index is 775. The second-order valence-corrected chi connectivity index (χ2v) is 11.1. The first-order valence-electron chi connectivity index (χ1n) is 13.0. The van der Waals surface area contributed by atoms with E-state index in [1.165, 1.54) is 4.90 Å². The number of likely N-dealkylation sites (tertiary alicyclic amines) is 2. The van der Waals surface area contributed by atoms with Gasteiger partial charge in [-0.1, -0.05) is 14.9 Å². The van der Waals surface area contributed by atoms with Crippen LogP contribution in [-0.2, 0) is 28.5 Å². The van der Waals surface area contributed by atoms with E-state index in [9.17, 15) is 23.6 Å². The highest BCUT2D eigenvalue weighted by atomic mass is 19.1. The second kappa shape index (κ2) is 16.5. The van der Waals surface area contributed by atoms with E-state index in [0.717, 1.165) is 0 Å². The molecule has 2 fully saturated rings. The fourth-order valence-corrected chi connectivity index (χ4v) is 3.72. The molecule has 0 atom stereocenters. The Labute approximate surface area is 234 Å². The Kier molecular flexibility index (Phi) is 16.3. The highest BCUT2D eigenvalue weighted by molar-refractivity contribution is 5.80. The first-order chi connectivity index (χ1) is 17.0. The van der Waals surface area contributed by atoms with Gasteiger partial charge in [0.05, 0.1) is 19.1 Å². The SMILES string of the molecule is C.C.CCOC(=O)C1(F)CCN(C(=O)OC(C)(C)C)CC1.CCOC(=O)C1CCN(C(=O)OC(C)(C)C)CC1. The van der Waals surface area contributed by atoms with E-state index < -0.39 is 28.9 Å². The molecule has 2 amide bonds. The Morgan fingerprint density at radius 1 is 0.744 bits per heavy atom. The summed E-state index contributed by atoms with van der Waals surface area (Å²) < 4.78 is 34.5. The largest absolute Gasteiger partial charge is 0.466 e. The predicted octanol–water partition coefficient (Wildman–Crippen LogP) is 5.76. The van der Waals surface area contributed by atoms with Gasteiger partial charge in [-0.3, -0.25) is 4.79 Å². The molecule has 39 heavy (non-hydrogen) atoms. The van der Waals surface area contributed by atoms with Crippen LogP contribution < -0.4 is 0 Å². The molecule has 0 aromatic carbocycles. The number of ether oxygens (including phenoxy) is 4. The third-order valence-electron chi connectivity index (χ3n) is 5.62. The first-order valence-corrected chi connectivity index (χ1v) is 13.0. The molecule has 0 aromatic rings. The van der Waals surface area contributed by atoms with Crippen LogP contribution in [0.25, 0.3) is 0 Å². The van der Waals surface area contributed by atoms with Crippen molar-refractivity contribution >= 4 is 24.1 Å². The third kappa shape index (κ3) is 13.9. The molecule has 2 aliphatic rings. The minimum Gasteiger partial charge on any atom is -0.466 e. The number of nitrogens with zero attached hydrogens (tertiary/aromatic N) is 2. The van der Waals surface area contributed by atoms with Crippen molar-refractivity contribution in [2.24, 2.45) is 5.92 Å². The average Bonchev–Trinajstić information content (AvgIpc) is 2.78. The van der Waals surface area contributed by atoms with Gasteiger partial charge in [0.25, 0.3) is 0 Å². The van der Waals surface area contributed by atoms with Crippen LogP contribution in [0, 0.1) is 5.92 Å². The zero-order valence-electron chi connectivity index (χ0n) is 23.7. The summed E-state index contributed by atoms with van der Waals surface area (Å²) in [6, 6.07) is 0. The quantitative estimate of drug-likeness (QED) is 0.313. The van der Waals surface area contributed by atoms with Crippen LogP contribution in [0.3, 0.4) is 0 Å². The Morgan fingerprint density at radius 2 is 1.13 bits per heavy atom. The number of esters is 2. The van der Waals surface area contributed by atoms with E-state index in [2.05, 4.69) is 0 Å². The number of hydrogen-bond acceptors (Lipinski definition) is 8. The van der Waals surface area contributed by atoms with Crippen LogP contribution in [0.1, 0.15) is 95.9 Å². The fraction of sp³-hybridized carbons (Fsp3) is 0.857. The standard InChI is InChI=1S/C13H22FNO4.C13H23NO4.2CH4/c1-5-18-10(16)13(14)6-8-15(9-7-13)11(17)19-12(2,3)4;1-5-17-11(15)10-6-8-14(9-7-10)12(16)18-13(2,3)4;;/h5-9H2,1-4H3;10H,5-9H2,1-4H3;2*1H4. The predicted molar refractivity (Wildman–Crippen MR) is 148 cm³/mol. The van der Waals surface area contributed by atoms with Crippen molar-refractivity contribution in [2.45, 2.75) is 113 Å². The monoisotopic (exact) mass is 564 g/mol. The van der Waals surface area contributed by atoms with Gasteiger partial charge < -0.3 is 28.7 Å². The molecule has 0 N–H and O–H groups in total. The Balaban J connectivity index is 0. The summed E-state index contributed by atoms with van der Waals surface area (Å²) >= 11 is 0. The van der Waals surface area contributed by atoms with Gasteiger partial charge in [0.1, 0.15) is 11.2 Å². The van der Waals surface area contributed by atoms with E-state index in [1.807, 2.05) is 20.8 Å². The van der Waals surface area contributed by atoms with Crippen LogP contribution in [-0.4, -0.2) is 90.2 Å². The summed E-state index contributed by atoms with van der Waals surface area (Å²) in [5.74, 6) is -1.07. The second-order valence-electron chi connectivity index (χ2n) is 11.1. The summed E-state index contributed by atoms with van der Waals surface area (Å²) in [6.45, 7) is 16.3. The average molecular weight is 565 g/mol. The van der Waals surface area contributed by atoms with E-state index in [4.69, 9.17) is 18.9 Å². The molecule has 10 nitrogen and oxygen atoms in total. The Morgan fingerprint density at radius 3 is 1.49 bits per heavy atom. The number of carbonyl (C=O) groups is 4. The summed E-state index contributed by atoms with van der Waals surface area (Å²) in [7, 11) is 0. The fourth-order valence-electron chi connectivity index (χ4n) is 3.72. The summed E-state index contributed by atoms with van der Waals surface area (Å²) in [6.07, 6.45) is 0.426. The van der Waals surface area contributed by atoms with E-state index >= 15 is 0 Å². The van der Waals surface area contributed by atoms with Crippen LogP contribution >= 0.6 is 0 Å². The van der Waals surface area contributed by atoms with Gasteiger partial charge >= 0.3 is 24.1 Å². The number of alkyl halides is 1. The number of amides is 2. The third-order valence-corrected chi connectivity index (χ3v) is 5.62. The van der Waals surface area contributed by atoms with Crippen LogP contribution in [0.5, 0.6) is 0 Å². The first kappa shape index (κ1) is 38.6.